The van der Waals surface area contributed by atoms with Gasteiger partial charge in [0.25, 0.3) is 0 Å². The zero-order valence-electron chi connectivity index (χ0n) is 11.9. The van der Waals surface area contributed by atoms with E-state index in [0.29, 0.717) is 5.41 Å². The van der Waals surface area contributed by atoms with Crippen molar-refractivity contribution in [1.29, 1.82) is 0 Å². The molecular formula is C19H20. The van der Waals surface area contributed by atoms with Crippen molar-refractivity contribution in [2.24, 2.45) is 5.41 Å². The average Bonchev–Trinajstić information content (AvgIpc) is 2.36. The third-order valence-electron chi connectivity index (χ3n) is 3.54. The topological polar surface area (TPSA) is 0 Å². The van der Waals surface area contributed by atoms with Crippen molar-refractivity contribution in [2.75, 3.05) is 0 Å². The summed E-state index contributed by atoms with van der Waals surface area (Å²) in [5, 5.41) is 5.37. The van der Waals surface area contributed by atoms with Gasteiger partial charge in [-0.1, -0.05) is 75.4 Å². The van der Waals surface area contributed by atoms with Gasteiger partial charge in [0.2, 0.25) is 0 Å². The first kappa shape index (κ1) is 12.2. The number of hydrogen-bond acceptors (Lipinski definition) is 0. The smallest absolute Gasteiger partial charge is 0.0105 e. The van der Waals surface area contributed by atoms with Gasteiger partial charge in [0.15, 0.2) is 0 Å². The number of fused-ring (bicyclic) bond motifs is 3. The summed E-state index contributed by atoms with van der Waals surface area (Å²) in [6, 6.07) is 20.0. The van der Waals surface area contributed by atoms with Gasteiger partial charge in [0, 0.05) is 0 Å². The minimum Gasteiger partial charge on any atom is -0.0616 e. The predicted molar refractivity (Wildman–Crippen MR) is 84.6 cm³/mol. The molecule has 0 bridgehead atoms. The summed E-state index contributed by atoms with van der Waals surface area (Å²) in [5.74, 6) is 0. The van der Waals surface area contributed by atoms with Crippen LogP contribution in [-0.4, -0.2) is 0 Å². The normalized spacial score (nSPS) is 12.2. The molecule has 0 N–H and O–H groups in total. The molecule has 0 saturated heterocycles. The first-order valence-electron chi connectivity index (χ1n) is 6.93. The highest BCUT2D eigenvalue weighted by Crippen LogP contribution is 2.28. The fourth-order valence-corrected chi connectivity index (χ4v) is 2.78. The van der Waals surface area contributed by atoms with E-state index in [1.54, 1.807) is 0 Å². The second kappa shape index (κ2) is 4.38. The van der Waals surface area contributed by atoms with Gasteiger partial charge in [-0.15, -0.1) is 0 Å². The summed E-state index contributed by atoms with van der Waals surface area (Å²) in [4.78, 5) is 0. The highest BCUT2D eigenvalue weighted by atomic mass is 14.2. The van der Waals surface area contributed by atoms with Crippen molar-refractivity contribution >= 4 is 21.5 Å². The standard InChI is InChI=1S/C19H20/c1-19(2,3)13-14-8-11-18-16(12-14)10-9-15-6-4-5-7-17(15)18/h4-12H,13H2,1-3H3. The molecular weight excluding hydrogens is 228 g/mol. The molecule has 3 rings (SSSR count). The van der Waals surface area contributed by atoms with Crippen LogP contribution in [0.5, 0.6) is 0 Å². The molecule has 3 aromatic rings. The molecule has 0 aliphatic carbocycles. The molecule has 0 aromatic heterocycles. The maximum absolute atomic E-state index is 2.34. The molecule has 0 heterocycles. The SMILES string of the molecule is CC(C)(C)Cc1ccc2c(ccc3ccccc32)c1. The van der Waals surface area contributed by atoms with E-state index in [-0.39, 0.29) is 0 Å². The van der Waals surface area contributed by atoms with E-state index >= 15 is 0 Å². The maximum Gasteiger partial charge on any atom is -0.0105 e. The Hall–Kier alpha value is -1.82. The highest BCUT2D eigenvalue weighted by molar-refractivity contribution is 6.07. The van der Waals surface area contributed by atoms with Crippen LogP contribution in [0.4, 0.5) is 0 Å². The molecule has 0 fully saturated rings. The van der Waals surface area contributed by atoms with Gasteiger partial charge < -0.3 is 0 Å². The monoisotopic (exact) mass is 248 g/mol. The van der Waals surface area contributed by atoms with Crippen LogP contribution in [0.3, 0.4) is 0 Å². The fourth-order valence-electron chi connectivity index (χ4n) is 2.78. The minimum atomic E-state index is 0.338. The van der Waals surface area contributed by atoms with E-state index in [1.807, 2.05) is 0 Å². The largest absolute Gasteiger partial charge is 0.0616 e. The molecule has 3 aromatic carbocycles. The second-order valence-electron chi connectivity index (χ2n) is 6.58. The van der Waals surface area contributed by atoms with Gasteiger partial charge >= 0.3 is 0 Å². The quantitative estimate of drug-likeness (QED) is 0.493. The van der Waals surface area contributed by atoms with Crippen LogP contribution in [0.25, 0.3) is 21.5 Å². The summed E-state index contributed by atoms with van der Waals surface area (Å²) >= 11 is 0. The molecule has 0 radical (unpaired) electrons. The Morgan fingerprint density at radius 3 is 2.21 bits per heavy atom. The molecule has 0 atom stereocenters. The van der Waals surface area contributed by atoms with Crippen LogP contribution in [0, 0.1) is 5.41 Å². The maximum atomic E-state index is 2.34. The molecule has 19 heavy (non-hydrogen) atoms. The van der Waals surface area contributed by atoms with Crippen molar-refractivity contribution in [3.8, 4) is 0 Å². The molecule has 0 nitrogen and oxygen atoms in total. The van der Waals surface area contributed by atoms with Crippen molar-refractivity contribution in [3.05, 3.63) is 60.2 Å². The van der Waals surface area contributed by atoms with Gasteiger partial charge in [0.05, 0.1) is 0 Å². The Kier molecular flexibility index (Phi) is 2.82. The zero-order chi connectivity index (χ0) is 13.5. The lowest BCUT2D eigenvalue weighted by molar-refractivity contribution is 0.411. The average molecular weight is 248 g/mol. The zero-order valence-corrected chi connectivity index (χ0v) is 11.9. The first-order valence-corrected chi connectivity index (χ1v) is 6.93. The molecule has 0 spiro atoms. The molecule has 96 valence electrons. The molecule has 0 aliphatic rings. The van der Waals surface area contributed by atoms with Crippen LogP contribution in [0.2, 0.25) is 0 Å². The molecule has 0 amide bonds. The van der Waals surface area contributed by atoms with Crippen molar-refractivity contribution in [1.82, 2.24) is 0 Å². The molecule has 0 heteroatoms. The van der Waals surface area contributed by atoms with E-state index in [4.69, 9.17) is 0 Å². The van der Waals surface area contributed by atoms with Gasteiger partial charge in [-0.25, -0.2) is 0 Å². The minimum absolute atomic E-state index is 0.338. The van der Waals surface area contributed by atoms with Gasteiger partial charge in [-0.3, -0.25) is 0 Å². The summed E-state index contributed by atoms with van der Waals surface area (Å²) < 4.78 is 0. The summed E-state index contributed by atoms with van der Waals surface area (Å²) in [5.41, 5.74) is 1.76. The van der Waals surface area contributed by atoms with E-state index in [2.05, 4.69) is 75.4 Å². The lowest BCUT2D eigenvalue weighted by Gasteiger charge is -2.18. The second-order valence-corrected chi connectivity index (χ2v) is 6.58. The van der Waals surface area contributed by atoms with Crippen molar-refractivity contribution in [2.45, 2.75) is 27.2 Å². The molecule has 0 saturated carbocycles. The molecule has 0 aliphatic heterocycles. The number of benzene rings is 3. The van der Waals surface area contributed by atoms with E-state index in [9.17, 15) is 0 Å². The number of hydrogen-bond donors (Lipinski definition) is 0. The summed E-state index contributed by atoms with van der Waals surface area (Å²) in [6.07, 6.45) is 1.12. The van der Waals surface area contributed by atoms with E-state index in [1.165, 1.54) is 27.1 Å². The predicted octanol–water partition coefficient (Wildman–Crippen LogP) is 5.58. The van der Waals surface area contributed by atoms with Crippen LogP contribution in [-0.2, 0) is 6.42 Å². The molecule has 0 unspecified atom stereocenters. The van der Waals surface area contributed by atoms with Gasteiger partial charge in [-0.05, 0) is 38.9 Å². The van der Waals surface area contributed by atoms with E-state index < -0.39 is 0 Å². The fraction of sp³-hybridized carbons (Fsp3) is 0.263. The Bertz CT molecular complexity index is 730. The Labute approximate surface area is 115 Å². The summed E-state index contributed by atoms with van der Waals surface area (Å²) in [6.45, 7) is 6.87. The lowest BCUT2D eigenvalue weighted by atomic mass is 9.87. The van der Waals surface area contributed by atoms with Crippen LogP contribution >= 0.6 is 0 Å². The van der Waals surface area contributed by atoms with Crippen molar-refractivity contribution in [3.63, 3.8) is 0 Å². The van der Waals surface area contributed by atoms with Crippen LogP contribution in [0.1, 0.15) is 26.3 Å². The van der Waals surface area contributed by atoms with Crippen molar-refractivity contribution < 1.29 is 0 Å². The first-order chi connectivity index (χ1) is 9.03. The van der Waals surface area contributed by atoms with Crippen LogP contribution in [0.15, 0.2) is 54.6 Å². The highest BCUT2D eigenvalue weighted by Gasteiger charge is 2.11. The Morgan fingerprint density at radius 2 is 1.42 bits per heavy atom. The Balaban J connectivity index is 2.17. The summed E-state index contributed by atoms with van der Waals surface area (Å²) in [7, 11) is 0. The van der Waals surface area contributed by atoms with Crippen LogP contribution < -0.4 is 0 Å². The number of rotatable bonds is 1. The van der Waals surface area contributed by atoms with Gasteiger partial charge in [0.1, 0.15) is 0 Å². The lowest BCUT2D eigenvalue weighted by Crippen LogP contribution is -2.08. The third-order valence-corrected chi connectivity index (χ3v) is 3.54. The Morgan fingerprint density at radius 1 is 0.737 bits per heavy atom. The third kappa shape index (κ3) is 2.49. The van der Waals surface area contributed by atoms with Gasteiger partial charge in [-0.2, -0.15) is 0 Å². The van der Waals surface area contributed by atoms with E-state index in [0.717, 1.165) is 6.42 Å².